The van der Waals surface area contributed by atoms with Gasteiger partial charge in [0.2, 0.25) is 5.91 Å². The van der Waals surface area contributed by atoms with Crippen LogP contribution >= 0.6 is 0 Å². The highest BCUT2D eigenvalue weighted by molar-refractivity contribution is 5.79. The Bertz CT molecular complexity index is 454. The van der Waals surface area contributed by atoms with Gasteiger partial charge in [0.25, 0.3) is 0 Å². The van der Waals surface area contributed by atoms with E-state index in [-0.39, 0.29) is 18.1 Å². The number of hydrogen-bond acceptors (Lipinski definition) is 3. The van der Waals surface area contributed by atoms with Crippen molar-refractivity contribution in [1.82, 2.24) is 9.80 Å². The van der Waals surface area contributed by atoms with E-state index in [9.17, 15) is 9.90 Å². The highest BCUT2D eigenvalue weighted by Gasteiger charge is 2.23. The maximum atomic E-state index is 12.3. The highest BCUT2D eigenvalue weighted by Crippen LogP contribution is 2.17. The summed E-state index contributed by atoms with van der Waals surface area (Å²) >= 11 is 0. The molecule has 20 heavy (non-hydrogen) atoms. The first kappa shape index (κ1) is 14.9. The van der Waals surface area contributed by atoms with Gasteiger partial charge in [0.1, 0.15) is 5.75 Å². The Morgan fingerprint density at radius 3 is 2.50 bits per heavy atom. The molecule has 1 aliphatic heterocycles. The van der Waals surface area contributed by atoms with Crippen molar-refractivity contribution < 1.29 is 9.90 Å². The minimum Gasteiger partial charge on any atom is -0.508 e. The van der Waals surface area contributed by atoms with Crippen molar-refractivity contribution in [3.8, 4) is 5.75 Å². The first-order chi connectivity index (χ1) is 9.61. The second-order valence-corrected chi connectivity index (χ2v) is 5.48. The van der Waals surface area contributed by atoms with E-state index in [4.69, 9.17) is 0 Å². The predicted molar refractivity (Wildman–Crippen MR) is 79.7 cm³/mol. The first-order valence-corrected chi connectivity index (χ1v) is 7.40. The molecule has 0 bridgehead atoms. The molecule has 1 aromatic rings. The summed E-state index contributed by atoms with van der Waals surface area (Å²) in [5.74, 6) is 0.314. The van der Waals surface area contributed by atoms with Gasteiger partial charge in [-0.05, 0) is 19.4 Å². The van der Waals surface area contributed by atoms with Crippen molar-refractivity contribution >= 4 is 5.91 Å². The summed E-state index contributed by atoms with van der Waals surface area (Å²) < 4.78 is 0. The predicted octanol–water partition coefficient (Wildman–Crippen LogP) is 1.88. The molecule has 1 N–H and O–H groups in total. The normalized spacial score (nSPS) is 18.0. The number of hydrogen-bond donors (Lipinski definition) is 1. The topological polar surface area (TPSA) is 43.8 Å². The van der Waals surface area contributed by atoms with Crippen LogP contribution in [0.4, 0.5) is 0 Å². The maximum Gasteiger partial charge on any atom is 0.227 e. The third kappa shape index (κ3) is 3.51. The SMILES string of the molecule is CCC(C)N1CCN(C(=O)Cc2ccccc2O)CC1. The molecular weight excluding hydrogens is 252 g/mol. The third-order valence-corrected chi connectivity index (χ3v) is 4.21. The van der Waals surface area contributed by atoms with Crippen LogP contribution in [0.25, 0.3) is 0 Å². The molecule has 4 heteroatoms. The second kappa shape index (κ2) is 6.75. The molecule has 0 saturated carbocycles. The van der Waals surface area contributed by atoms with E-state index in [1.54, 1.807) is 12.1 Å². The average Bonchev–Trinajstić information content (AvgIpc) is 2.49. The van der Waals surface area contributed by atoms with Crippen molar-refractivity contribution in [3.05, 3.63) is 29.8 Å². The minimum atomic E-state index is 0.107. The summed E-state index contributed by atoms with van der Waals surface area (Å²) in [4.78, 5) is 16.6. The van der Waals surface area contributed by atoms with Crippen molar-refractivity contribution in [1.29, 1.82) is 0 Å². The summed E-state index contributed by atoms with van der Waals surface area (Å²) in [6.07, 6.45) is 1.43. The van der Waals surface area contributed by atoms with Gasteiger partial charge in [0.05, 0.1) is 6.42 Å². The first-order valence-electron chi connectivity index (χ1n) is 7.40. The number of aromatic hydroxyl groups is 1. The molecule has 0 spiro atoms. The molecule has 1 aliphatic rings. The summed E-state index contributed by atoms with van der Waals surface area (Å²) in [6, 6.07) is 7.65. The fourth-order valence-electron chi connectivity index (χ4n) is 2.61. The zero-order valence-corrected chi connectivity index (χ0v) is 12.4. The molecule has 1 saturated heterocycles. The molecular formula is C16H24N2O2. The van der Waals surface area contributed by atoms with Gasteiger partial charge in [-0.15, -0.1) is 0 Å². The van der Waals surface area contributed by atoms with Gasteiger partial charge in [0, 0.05) is 37.8 Å². The Kier molecular flexibility index (Phi) is 5.01. The molecule has 1 fully saturated rings. The molecule has 2 rings (SSSR count). The van der Waals surface area contributed by atoms with E-state index in [0.717, 1.165) is 32.6 Å². The molecule has 0 aliphatic carbocycles. The van der Waals surface area contributed by atoms with Gasteiger partial charge < -0.3 is 10.0 Å². The third-order valence-electron chi connectivity index (χ3n) is 4.21. The average molecular weight is 276 g/mol. The van der Waals surface area contributed by atoms with Crippen LogP contribution in [0.15, 0.2) is 24.3 Å². The number of phenols is 1. The number of para-hydroxylation sites is 1. The Balaban J connectivity index is 1.88. The van der Waals surface area contributed by atoms with E-state index < -0.39 is 0 Å². The lowest BCUT2D eigenvalue weighted by molar-refractivity contribution is -0.132. The van der Waals surface area contributed by atoms with Crippen LogP contribution in [0.5, 0.6) is 5.75 Å². The van der Waals surface area contributed by atoms with Gasteiger partial charge in [-0.1, -0.05) is 25.1 Å². The molecule has 1 heterocycles. The summed E-state index contributed by atoms with van der Waals surface area (Å²) in [6.45, 7) is 7.90. The molecule has 1 amide bonds. The molecule has 110 valence electrons. The van der Waals surface area contributed by atoms with Crippen LogP contribution in [0, 0.1) is 0 Å². The summed E-state index contributed by atoms with van der Waals surface area (Å²) in [5, 5.41) is 9.73. The van der Waals surface area contributed by atoms with Crippen LogP contribution in [-0.4, -0.2) is 53.0 Å². The van der Waals surface area contributed by atoms with E-state index in [0.29, 0.717) is 11.6 Å². The molecule has 0 radical (unpaired) electrons. The van der Waals surface area contributed by atoms with Crippen LogP contribution in [0.3, 0.4) is 0 Å². The fourth-order valence-corrected chi connectivity index (χ4v) is 2.61. The lowest BCUT2D eigenvalue weighted by atomic mass is 10.1. The zero-order chi connectivity index (χ0) is 14.5. The van der Waals surface area contributed by atoms with Gasteiger partial charge in [0.15, 0.2) is 0 Å². The van der Waals surface area contributed by atoms with Crippen molar-refractivity contribution in [2.24, 2.45) is 0 Å². The molecule has 1 aromatic carbocycles. The summed E-state index contributed by atoms with van der Waals surface area (Å²) in [5.41, 5.74) is 0.710. The van der Waals surface area contributed by atoms with E-state index in [1.165, 1.54) is 0 Å². The smallest absolute Gasteiger partial charge is 0.227 e. The van der Waals surface area contributed by atoms with Crippen LogP contribution < -0.4 is 0 Å². The maximum absolute atomic E-state index is 12.3. The van der Waals surface area contributed by atoms with Crippen LogP contribution in [0.1, 0.15) is 25.8 Å². The van der Waals surface area contributed by atoms with Crippen molar-refractivity contribution in [2.75, 3.05) is 26.2 Å². The Morgan fingerprint density at radius 2 is 1.90 bits per heavy atom. The van der Waals surface area contributed by atoms with E-state index in [1.807, 2.05) is 17.0 Å². The number of carbonyl (C=O) groups is 1. The Morgan fingerprint density at radius 1 is 1.25 bits per heavy atom. The van der Waals surface area contributed by atoms with Gasteiger partial charge >= 0.3 is 0 Å². The number of rotatable bonds is 4. The highest BCUT2D eigenvalue weighted by atomic mass is 16.3. The Hall–Kier alpha value is -1.55. The standard InChI is InChI=1S/C16H24N2O2/c1-3-13(2)17-8-10-18(11-9-17)16(20)12-14-6-4-5-7-15(14)19/h4-7,13,19H,3,8-12H2,1-2H3. The monoisotopic (exact) mass is 276 g/mol. The number of phenolic OH excluding ortho intramolecular Hbond substituents is 1. The molecule has 0 aromatic heterocycles. The quantitative estimate of drug-likeness (QED) is 0.913. The lowest BCUT2D eigenvalue weighted by Gasteiger charge is -2.37. The minimum absolute atomic E-state index is 0.107. The zero-order valence-electron chi connectivity index (χ0n) is 12.4. The van der Waals surface area contributed by atoms with Crippen LogP contribution in [-0.2, 0) is 11.2 Å². The largest absolute Gasteiger partial charge is 0.508 e. The number of amides is 1. The lowest BCUT2D eigenvalue weighted by Crippen LogP contribution is -2.51. The Labute approximate surface area is 121 Å². The van der Waals surface area contributed by atoms with Crippen molar-refractivity contribution in [3.63, 3.8) is 0 Å². The van der Waals surface area contributed by atoms with Crippen LogP contribution in [0.2, 0.25) is 0 Å². The second-order valence-electron chi connectivity index (χ2n) is 5.48. The van der Waals surface area contributed by atoms with Crippen molar-refractivity contribution in [2.45, 2.75) is 32.7 Å². The number of carbonyl (C=O) groups excluding carboxylic acids is 1. The molecule has 1 unspecified atom stereocenters. The number of benzene rings is 1. The fraction of sp³-hybridized carbons (Fsp3) is 0.562. The van der Waals surface area contributed by atoms with Gasteiger partial charge in [-0.25, -0.2) is 0 Å². The van der Waals surface area contributed by atoms with Gasteiger partial charge in [-0.3, -0.25) is 9.69 Å². The number of nitrogens with zero attached hydrogens (tertiary/aromatic N) is 2. The molecule has 1 atom stereocenters. The molecule has 4 nitrogen and oxygen atoms in total. The summed E-state index contributed by atoms with van der Waals surface area (Å²) in [7, 11) is 0. The number of piperazine rings is 1. The van der Waals surface area contributed by atoms with Gasteiger partial charge in [-0.2, -0.15) is 0 Å². The van der Waals surface area contributed by atoms with E-state index in [2.05, 4.69) is 18.7 Å². The van der Waals surface area contributed by atoms with E-state index >= 15 is 0 Å².